The predicted octanol–water partition coefficient (Wildman–Crippen LogP) is -0.189. The molecule has 0 radical (unpaired) electrons. The summed E-state index contributed by atoms with van der Waals surface area (Å²) in [6, 6.07) is -0.613. The van der Waals surface area contributed by atoms with Crippen molar-refractivity contribution >= 4 is 23.9 Å². The summed E-state index contributed by atoms with van der Waals surface area (Å²) >= 11 is 0. The molecule has 0 aromatic rings. The van der Waals surface area contributed by atoms with Gasteiger partial charge >= 0.3 is 5.97 Å². The molecule has 7 nitrogen and oxygen atoms in total. The van der Waals surface area contributed by atoms with Gasteiger partial charge in [0.25, 0.3) is 0 Å². The number of ether oxygens (including phenoxy) is 1. The van der Waals surface area contributed by atoms with Gasteiger partial charge in [0.05, 0.1) is 23.8 Å². The third-order valence-corrected chi connectivity index (χ3v) is 2.64. The second-order valence-electron chi connectivity index (χ2n) is 4.44. The van der Waals surface area contributed by atoms with Crippen LogP contribution >= 0.6 is 0 Å². The predicted molar refractivity (Wildman–Crippen MR) is 76.8 cm³/mol. The summed E-state index contributed by atoms with van der Waals surface area (Å²) in [6.45, 7) is 4.20. The fraction of sp³-hybridized carbons (Fsp3) is 0.538. The maximum Gasteiger partial charge on any atom is 0.371 e. The maximum atomic E-state index is 11.0. The van der Waals surface area contributed by atoms with Crippen molar-refractivity contribution in [3.63, 3.8) is 0 Å². The molecule has 0 aromatic heterocycles. The molecule has 110 valence electrons. The second kappa shape index (κ2) is 8.08. The number of carbonyl (C=O) groups is 2. The molecule has 0 aromatic carbocycles. The van der Waals surface area contributed by atoms with E-state index in [2.05, 4.69) is 15.3 Å². The lowest BCUT2D eigenvalue weighted by atomic mass is 10.1. The van der Waals surface area contributed by atoms with Crippen molar-refractivity contribution in [3.05, 3.63) is 12.2 Å². The highest BCUT2D eigenvalue weighted by atomic mass is 16.5. The normalized spacial score (nSPS) is 23.7. The molecule has 3 N–H and O–H groups in total. The molecule has 0 saturated carbocycles. The number of hydrogen-bond acceptors (Lipinski definition) is 6. The molecular weight excluding hydrogens is 260 g/mol. The minimum atomic E-state index is -0.905. The summed E-state index contributed by atoms with van der Waals surface area (Å²) in [5, 5.41) is 3.14. The van der Waals surface area contributed by atoms with Gasteiger partial charge in [-0.2, -0.15) is 0 Å². The SMILES string of the molecule is CC(N)=NC1C=CCCN=C(C)NC1COC(=O)C=O. The number of aldehydes is 1. The van der Waals surface area contributed by atoms with E-state index in [4.69, 9.17) is 10.5 Å². The van der Waals surface area contributed by atoms with E-state index in [0.717, 1.165) is 12.3 Å². The minimum absolute atomic E-state index is 0.0101. The molecule has 0 bridgehead atoms. The van der Waals surface area contributed by atoms with Gasteiger partial charge in [-0.25, -0.2) is 4.79 Å². The minimum Gasteiger partial charge on any atom is -0.458 e. The van der Waals surface area contributed by atoms with E-state index in [1.807, 2.05) is 19.1 Å². The number of nitrogens with zero attached hydrogens (tertiary/aromatic N) is 2. The van der Waals surface area contributed by atoms with E-state index in [0.29, 0.717) is 12.4 Å². The van der Waals surface area contributed by atoms with Crippen molar-refractivity contribution in [2.24, 2.45) is 15.7 Å². The van der Waals surface area contributed by atoms with Gasteiger partial charge in [-0.1, -0.05) is 12.2 Å². The molecular formula is C13H20N4O3. The zero-order chi connectivity index (χ0) is 15.0. The van der Waals surface area contributed by atoms with Gasteiger partial charge in [-0.15, -0.1) is 0 Å². The highest BCUT2D eigenvalue weighted by molar-refractivity contribution is 6.20. The van der Waals surface area contributed by atoms with E-state index in [1.165, 1.54) is 0 Å². The summed E-state index contributed by atoms with van der Waals surface area (Å²) in [5.74, 6) is 0.259. The first kappa shape index (κ1) is 15.9. The Bertz CT molecular complexity index is 439. The second-order valence-corrected chi connectivity index (χ2v) is 4.44. The van der Waals surface area contributed by atoms with Crippen molar-refractivity contribution in [3.8, 4) is 0 Å². The van der Waals surface area contributed by atoms with E-state index in [9.17, 15) is 9.59 Å². The number of nitrogens with one attached hydrogen (secondary N) is 1. The lowest BCUT2D eigenvalue weighted by Gasteiger charge is -2.23. The van der Waals surface area contributed by atoms with Crippen LogP contribution in [0.25, 0.3) is 0 Å². The van der Waals surface area contributed by atoms with Crippen LogP contribution in [0, 0.1) is 0 Å². The number of esters is 1. The molecule has 0 fully saturated rings. The third-order valence-electron chi connectivity index (χ3n) is 2.64. The van der Waals surface area contributed by atoms with E-state index < -0.39 is 5.97 Å². The zero-order valence-corrected chi connectivity index (χ0v) is 11.7. The van der Waals surface area contributed by atoms with Crippen LogP contribution in [-0.2, 0) is 14.3 Å². The van der Waals surface area contributed by atoms with Crippen molar-refractivity contribution in [1.29, 1.82) is 0 Å². The highest BCUT2D eigenvalue weighted by Gasteiger charge is 2.21. The molecule has 0 amide bonds. The summed E-state index contributed by atoms with van der Waals surface area (Å²) in [5.41, 5.74) is 5.63. The Balaban J connectivity index is 2.88. The zero-order valence-electron chi connectivity index (χ0n) is 11.7. The van der Waals surface area contributed by atoms with Gasteiger partial charge in [-0.3, -0.25) is 14.8 Å². The molecule has 1 aliphatic heterocycles. The molecule has 7 heteroatoms. The Hall–Kier alpha value is -2.18. The highest BCUT2D eigenvalue weighted by Crippen LogP contribution is 2.06. The molecule has 0 spiro atoms. The molecule has 2 unspecified atom stereocenters. The average Bonchev–Trinajstić information content (AvgIpc) is 2.47. The monoisotopic (exact) mass is 280 g/mol. The molecule has 20 heavy (non-hydrogen) atoms. The number of aliphatic imine (C=N–C) groups is 2. The number of nitrogens with two attached hydrogens (primary N) is 1. The fourth-order valence-corrected chi connectivity index (χ4v) is 1.79. The van der Waals surface area contributed by atoms with Crippen molar-refractivity contribution < 1.29 is 14.3 Å². The first-order valence-electron chi connectivity index (χ1n) is 6.39. The van der Waals surface area contributed by atoms with Crippen LogP contribution in [0.4, 0.5) is 0 Å². The summed E-state index contributed by atoms with van der Waals surface area (Å²) < 4.78 is 4.86. The number of amidine groups is 2. The van der Waals surface area contributed by atoms with Crippen molar-refractivity contribution in [1.82, 2.24) is 5.32 Å². The summed E-state index contributed by atoms with van der Waals surface area (Å²) in [6.07, 6.45) is 4.81. The average molecular weight is 280 g/mol. The quantitative estimate of drug-likeness (QED) is 0.185. The smallest absolute Gasteiger partial charge is 0.371 e. The lowest BCUT2D eigenvalue weighted by Crippen LogP contribution is -2.45. The Labute approximate surface area is 118 Å². The first-order chi connectivity index (χ1) is 9.52. The molecule has 1 rings (SSSR count). The molecule has 0 aliphatic carbocycles. The lowest BCUT2D eigenvalue weighted by molar-refractivity contribution is -0.149. The van der Waals surface area contributed by atoms with Crippen LogP contribution in [0.5, 0.6) is 0 Å². The van der Waals surface area contributed by atoms with Gasteiger partial charge in [0, 0.05) is 6.54 Å². The first-order valence-corrected chi connectivity index (χ1v) is 6.39. The molecule has 0 saturated heterocycles. The summed E-state index contributed by atoms with van der Waals surface area (Å²) in [4.78, 5) is 29.9. The van der Waals surface area contributed by atoms with Crippen LogP contribution in [0.3, 0.4) is 0 Å². The number of hydrogen-bond donors (Lipinski definition) is 2. The van der Waals surface area contributed by atoms with Crippen LogP contribution < -0.4 is 11.1 Å². The molecule has 2 atom stereocenters. The maximum absolute atomic E-state index is 11.0. The summed E-state index contributed by atoms with van der Waals surface area (Å²) in [7, 11) is 0. The van der Waals surface area contributed by atoms with Crippen LogP contribution in [0.2, 0.25) is 0 Å². The fourth-order valence-electron chi connectivity index (χ4n) is 1.79. The van der Waals surface area contributed by atoms with E-state index in [-0.39, 0.29) is 25.0 Å². The van der Waals surface area contributed by atoms with Gasteiger partial charge in [0.1, 0.15) is 6.61 Å². The Morgan fingerprint density at radius 2 is 2.45 bits per heavy atom. The Morgan fingerprint density at radius 1 is 1.70 bits per heavy atom. The molecule has 1 heterocycles. The largest absolute Gasteiger partial charge is 0.458 e. The van der Waals surface area contributed by atoms with Crippen LogP contribution in [0.1, 0.15) is 20.3 Å². The van der Waals surface area contributed by atoms with Gasteiger partial charge < -0.3 is 15.8 Å². The van der Waals surface area contributed by atoms with Crippen LogP contribution in [-0.4, -0.2) is 49.2 Å². The van der Waals surface area contributed by atoms with E-state index >= 15 is 0 Å². The standard InChI is InChI=1S/C13H20N4O3/c1-9(14)16-11-5-3-4-6-15-10(2)17-12(11)8-20-13(19)7-18/h3,5,7,11-12H,4,6,8H2,1-2H3,(H2,14,16)(H,15,17). The molecule has 1 aliphatic rings. The number of rotatable bonds is 4. The van der Waals surface area contributed by atoms with Crippen molar-refractivity contribution in [2.75, 3.05) is 13.2 Å². The third kappa shape index (κ3) is 5.64. The Morgan fingerprint density at radius 3 is 3.10 bits per heavy atom. The topological polar surface area (TPSA) is 106 Å². The number of carbonyl (C=O) groups excluding carboxylic acids is 2. The van der Waals surface area contributed by atoms with E-state index in [1.54, 1.807) is 6.92 Å². The van der Waals surface area contributed by atoms with Gasteiger partial charge in [0.2, 0.25) is 6.29 Å². The van der Waals surface area contributed by atoms with Gasteiger partial charge in [0.15, 0.2) is 0 Å². The van der Waals surface area contributed by atoms with Crippen LogP contribution in [0.15, 0.2) is 22.1 Å². The van der Waals surface area contributed by atoms with Gasteiger partial charge in [-0.05, 0) is 20.3 Å². The Kier molecular flexibility index (Phi) is 6.42. The van der Waals surface area contributed by atoms with Crippen molar-refractivity contribution in [2.45, 2.75) is 32.4 Å².